The van der Waals surface area contributed by atoms with E-state index in [9.17, 15) is 13.2 Å². The molecule has 21 heavy (non-hydrogen) atoms. The van der Waals surface area contributed by atoms with Crippen LogP contribution >= 0.6 is 0 Å². The van der Waals surface area contributed by atoms with Crippen molar-refractivity contribution >= 4 is 15.9 Å². The third kappa shape index (κ3) is 4.80. The van der Waals surface area contributed by atoms with Crippen molar-refractivity contribution in [3.05, 3.63) is 29.8 Å². The lowest BCUT2D eigenvalue weighted by atomic mass is 10.2. The lowest BCUT2D eigenvalue weighted by molar-refractivity contribution is -0.120. The van der Waals surface area contributed by atoms with Gasteiger partial charge in [0.25, 0.3) is 0 Å². The quantitative estimate of drug-likeness (QED) is 0.804. The molecule has 0 saturated carbocycles. The van der Waals surface area contributed by atoms with Crippen LogP contribution in [0.3, 0.4) is 0 Å². The highest BCUT2D eigenvalue weighted by Gasteiger charge is 2.18. The molecule has 116 valence electrons. The van der Waals surface area contributed by atoms with Gasteiger partial charge in [-0.2, -0.15) is 0 Å². The van der Waals surface area contributed by atoms with Gasteiger partial charge in [0, 0.05) is 13.2 Å². The molecule has 1 aliphatic heterocycles. The molecule has 1 aromatic rings. The third-order valence-corrected chi connectivity index (χ3v) is 4.72. The second-order valence-corrected chi connectivity index (χ2v) is 6.84. The number of ether oxygens (including phenoxy) is 1. The molecule has 1 atom stereocenters. The predicted octanol–water partition coefficient (Wildman–Crippen LogP) is 0.569. The maximum atomic E-state index is 12.0. The fourth-order valence-electron chi connectivity index (χ4n) is 2.06. The summed E-state index contributed by atoms with van der Waals surface area (Å²) in [5, 5.41) is 2.67. The molecule has 1 aliphatic rings. The summed E-state index contributed by atoms with van der Waals surface area (Å²) in [5.74, 6) is -0.360. The highest BCUT2D eigenvalue weighted by atomic mass is 32.2. The van der Waals surface area contributed by atoms with Gasteiger partial charge in [-0.15, -0.1) is 0 Å². The fraction of sp³-hybridized carbons (Fsp3) is 0.500. The first-order valence-corrected chi connectivity index (χ1v) is 8.40. The number of carbonyl (C=O) groups is 1. The Kier molecular flexibility index (Phi) is 5.33. The Bertz CT molecular complexity index is 577. The summed E-state index contributed by atoms with van der Waals surface area (Å²) in [7, 11) is -3.65. The monoisotopic (exact) mass is 312 g/mol. The smallest absolute Gasteiger partial charge is 0.241 e. The lowest BCUT2D eigenvalue weighted by Gasteiger charge is -2.11. The zero-order valence-corrected chi connectivity index (χ0v) is 12.8. The van der Waals surface area contributed by atoms with E-state index < -0.39 is 10.0 Å². The van der Waals surface area contributed by atoms with Gasteiger partial charge in [0.2, 0.25) is 15.9 Å². The predicted molar refractivity (Wildman–Crippen MR) is 78.4 cm³/mol. The van der Waals surface area contributed by atoms with E-state index in [0.717, 1.165) is 25.0 Å². The summed E-state index contributed by atoms with van der Waals surface area (Å²) in [6.07, 6.45) is 1.97. The van der Waals surface area contributed by atoms with Crippen molar-refractivity contribution < 1.29 is 17.9 Å². The molecule has 0 unspecified atom stereocenters. The van der Waals surface area contributed by atoms with Gasteiger partial charge in [-0.05, 0) is 31.9 Å². The number of amides is 1. The van der Waals surface area contributed by atoms with Gasteiger partial charge in [0.15, 0.2) is 0 Å². The number of hydrogen-bond acceptors (Lipinski definition) is 4. The van der Waals surface area contributed by atoms with Crippen LogP contribution in [0.1, 0.15) is 18.4 Å². The Morgan fingerprint density at radius 3 is 2.67 bits per heavy atom. The molecule has 2 N–H and O–H groups in total. The molecule has 2 rings (SSSR count). The molecule has 1 saturated heterocycles. The van der Waals surface area contributed by atoms with Crippen LogP contribution in [0.15, 0.2) is 29.2 Å². The van der Waals surface area contributed by atoms with Crippen LogP contribution in [-0.2, 0) is 19.6 Å². The molecule has 0 bridgehead atoms. The first-order valence-electron chi connectivity index (χ1n) is 6.92. The minimum atomic E-state index is -3.65. The van der Waals surface area contributed by atoms with Crippen molar-refractivity contribution in [2.45, 2.75) is 30.8 Å². The number of aryl methyl sites for hydroxylation is 1. The van der Waals surface area contributed by atoms with Crippen LogP contribution in [0.5, 0.6) is 0 Å². The van der Waals surface area contributed by atoms with Gasteiger partial charge in [-0.3, -0.25) is 4.79 Å². The molecule has 7 heteroatoms. The van der Waals surface area contributed by atoms with E-state index in [1.165, 1.54) is 12.1 Å². The zero-order valence-electron chi connectivity index (χ0n) is 12.0. The third-order valence-electron chi connectivity index (χ3n) is 3.30. The molecule has 0 aliphatic carbocycles. The Morgan fingerprint density at radius 2 is 2.05 bits per heavy atom. The zero-order chi connectivity index (χ0) is 15.3. The molecule has 1 fully saturated rings. The molecule has 6 nitrogen and oxygen atoms in total. The Hall–Kier alpha value is -1.44. The van der Waals surface area contributed by atoms with E-state index in [4.69, 9.17) is 4.74 Å². The van der Waals surface area contributed by atoms with Gasteiger partial charge < -0.3 is 10.1 Å². The van der Waals surface area contributed by atoms with Gasteiger partial charge in [0.1, 0.15) is 0 Å². The number of nitrogens with one attached hydrogen (secondary N) is 2. The van der Waals surface area contributed by atoms with Crippen molar-refractivity contribution in [3.63, 3.8) is 0 Å². The highest BCUT2D eigenvalue weighted by Crippen LogP contribution is 2.11. The van der Waals surface area contributed by atoms with Crippen LogP contribution in [0.4, 0.5) is 0 Å². The Balaban J connectivity index is 1.80. The number of carbonyl (C=O) groups excluding carboxylic acids is 1. The van der Waals surface area contributed by atoms with E-state index in [0.29, 0.717) is 6.54 Å². The second-order valence-electron chi connectivity index (χ2n) is 5.08. The maximum absolute atomic E-state index is 12.0. The van der Waals surface area contributed by atoms with Crippen molar-refractivity contribution in [2.24, 2.45) is 0 Å². The molecule has 0 radical (unpaired) electrons. The van der Waals surface area contributed by atoms with E-state index in [-0.39, 0.29) is 23.5 Å². The molecular weight excluding hydrogens is 292 g/mol. The van der Waals surface area contributed by atoms with Crippen LogP contribution in [0.2, 0.25) is 0 Å². The van der Waals surface area contributed by atoms with Gasteiger partial charge in [0.05, 0.1) is 17.5 Å². The average molecular weight is 312 g/mol. The van der Waals surface area contributed by atoms with Crippen molar-refractivity contribution in [1.29, 1.82) is 0 Å². The standard InChI is InChI=1S/C14H20N2O4S/c1-11-4-6-13(7-5-11)21(18,19)16-10-14(17)15-9-12-3-2-8-20-12/h4-7,12,16H,2-3,8-10H2,1H3,(H,15,17)/t12-/m1/s1. The summed E-state index contributed by atoms with van der Waals surface area (Å²) < 4.78 is 31.7. The normalized spacial score (nSPS) is 18.6. The van der Waals surface area contributed by atoms with Crippen molar-refractivity contribution in [3.8, 4) is 0 Å². The van der Waals surface area contributed by atoms with Crippen LogP contribution < -0.4 is 10.0 Å². The van der Waals surface area contributed by atoms with Crippen molar-refractivity contribution in [1.82, 2.24) is 10.0 Å². The van der Waals surface area contributed by atoms with Gasteiger partial charge in [-0.1, -0.05) is 17.7 Å². The summed E-state index contributed by atoms with van der Waals surface area (Å²) >= 11 is 0. The first-order chi connectivity index (χ1) is 9.97. The van der Waals surface area contributed by atoms with Crippen LogP contribution in [0, 0.1) is 6.92 Å². The average Bonchev–Trinajstić information content (AvgIpc) is 2.97. The molecule has 1 aromatic carbocycles. The van der Waals surface area contributed by atoms with E-state index in [1.807, 2.05) is 6.92 Å². The van der Waals surface area contributed by atoms with Crippen LogP contribution in [0.25, 0.3) is 0 Å². The van der Waals surface area contributed by atoms with Gasteiger partial charge in [-0.25, -0.2) is 13.1 Å². The highest BCUT2D eigenvalue weighted by molar-refractivity contribution is 7.89. The minimum Gasteiger partial charge on any atom is -0.376 e. The second kappa shape index (κ2) is 7.02. The number of benzene rings is 1. The molecule has 0 aromatic heterocycles. The number of hydrogen-bond donors (Lipinski definition) is 2. The molecule has 1 amide bonds. The largest absolute Gasteiger partial charge is 0.376 e. The maximum Gasteiger partial charge on any atom is 0.241 e. The molecular formula is C14H20N2O4S. The number of sulfonamides is 1. The fourth-order valence-corrected chi connectivity index (χ4v) is 3.04. The molecule has 1 heterocycles. The Morgan fingerprint density at radius 1 is 1.33 bits per heavy atom. The van der Waals surface area contributed by atoms with E-state index in [1.54, 1.807) is 12.1 Å². The van der Waals surface area contributed by atoms with Crippen LogP contribution in [-0.4, -0.2) is 40.1 Å². The lowest BCUT2D eigenvalue weighted by Crippen LogP contribution is -2.39. The first kappa shape index (κ1) is 15.9. The molecule has 0 spiro atoms. The summed E-state index contributed by atoms with van der Waals surface area (Å²) in [6, 6.07) is 6.46. The summed E-state index contributed by atoms with van der Waals surface area (Å²) in [4.78, 5) is 11.8. The van der Waals surface area contributed by atoms with E-state index in [2.05, 4.69) is 10.0 Å². The van der Waals surface area contributed by atoms with Gasteiger partial charge >= 0.3 is 0 Å². The number of rotatable bonds is 6. The topological polar surface area (TPSA) is 84.5 Å². The summed E-state index contributed by atoms with van der Waals surface area (Å²) in [5.41, 5.74) is 0.975. The van der Waals surface area contributed by atoms with E-state index >= 15 is 0 Å². The minimum absolute atomic E-state index is 0.0441. The SMILES string of the molecule is Cc1ccc(S(=O)(=O)NCC(=O)NC[C@H]2CCCO2)cc1. The summed E-state index contributed by atoms with van der Waals surface area (Å²) in [6.45, 7) is 2.75. The Labute approximate surface area is 124 Å². The van der Waals surface area contributed by atoms with Crippen molar-refractivity contribution in [2.75, 3.05) is 19.7 Å².